The van der Waals surface area contributed by atoms with Crippen molar-refractivity contribution < 1.29 is 19.0 Å². The Morgan fingerprint density at radius 2 is 1.92 bits per heavy atom. The van der Waals surface area contributed by atoms with Crippen LogP contribution in [0.4, 0.5) is 0 Å². The number of ether oxygens (including phenoxy) is 3. The van der Waals surface area contributed by atoms with E-state index in [1.165, 1.54) is 7.11 Å². The first-order valence-corrected chi connectivity index (χ1v) is 8.24. The predicted molar refractivity (Wildman–Crippen MR) is 99.7 cm³/mol. The zero-order valence-electron chi connectivity index (χ0n) is 15.1. The molecule has 0 unspecified atom stereocenters. The van der Waals surface area contributed by atoms with Crippen LogP contribution in [0.3, 0.4) is 0 Å². The fourth-order valence-corrected chi connectivity index (χ4v) is 2.34. The van der Waals surface area contributed by atoms with Crippen LogP contribution < -0.4 is 14.2 Å². The molecule has 2 aromatic rings. The van der Waals surface area contributed by atoms with Gasteiger partial charge in [-0.05, 0) is 42.3 Å². The first-order chi connectivity index (χ1) is 12.6. The van der Waals surface area contributed by atoms with Crippen molar-refractivity contribution in [1.82, 2.24) is 0 Å². The molecule has 0 aromatic heterocycles. The smallest absolute Gasteiger partial charge is 0.203 e. The zero-order chi connectivity index (χ0) is 18.9. The SMILES string of the molecule is CCCOc1cc(C=C(C#N)C(=O)c2cccc(OC)c2)ccc1OC. The lowest BCUT2D eigenvalue weighted by Crippen LogP contribution is -2.02. The van der Waals surface area contributed by atoms with Crippen LogP contribution in [-0.2, 0) is 0 Å². The molecule has 0 radical (unpaired) electrons. The second-order valence-corrected chi connectivity index (χ2v) is 5.49. The van der Waals surface area contributed by atoms with Crippen LogP contribution in [0, 0.1) is 11.3 Å². The first-order valence-electron chi connectivity index (χ1n) is 8.24. The van der Waals surface area contributed by atoms with E-state index in [4.69, 9.17) is 14.2 Å². The molecule has 26 heavy (non-hydrogen) atoms. The third kappa shape index (κ3) is 4.64. The van der Waals surface area contributed by atoms with Gasteiger partial charge < -0.3 is 14.2 Å². The number of carbonyl (C=O) groups excluding carboxylic acids is 1. The van der Waals surface area contributed by atoms with E-state index in [1.807, 2.05) is 13.0 Å². The summed E-state index contributed by atoms with van der Waals surface area (Å²) < 4.78 is 16.1. The van der Waals surface area contributed by atoms with Crippen molar-refractivity contribution in [2.24, 2.45) is 0 Å². The molecule has 5 heteroatoms. The molecule has 134 valence electrons. The minimum atomic E-state index is -0.363. The number of hydrogen-bond acceptors (Lipinski definition) is 5. The number of carbonyl (C=O) groups is 1. The molecule has 0 amide bonds. The summed E-state index contributed by atoms with van der Waals surface area (Å²) >= 11 is 0. The number of allylic oxidation sites excluding steroid dienone is 1. The van der Waals surface area contributed by atoms with Gasteiger partial charge in [0, 0.05) is 5.56 Å². The van der Waals surface area contributed by atoms with Gasteiger partial charge in [-0.15, -0.1) is 0 Å². The Morgan fingerprint density at radius 3 is 2.58 bits per heavy atom. The van der Waals surface area contributed by atoms with Crippen LogP contribution >= 0.6 is 0 Å². The van der Waals surface area contributed by atoms with Crippen molar-refractivity contribution in [2.45, 2.75) is 13.3 Å². The molecule has 0 aliphatic carbocycles. The summed E-state index contributed by atoms with van der Waals surface area (Å²) in [6.07, 6.45) is 2.40. The quantitative estimate of drug-likeness (QED) is 0.403. The van der Waals surface area contributed by atoms with E-state index >= 15 is 0 Å². The maximum atomic E-state index is 12.6. The maximum Gasteiger partial charge on any atom is 0.203 e. The van der Waals surface area contributed by atoms with Crippen LogP contribution in [-0.4, -0.2) is 26.6 Å². The molecule has 0 aliphatic heterocycles. The van der Waals surface area contributed by atoms with Crippen molar-refractivity contribution in [3.05, 3.63) is 59.2 Å². The second-order valence-electron chi connectivity index (χ2n) is 5.49. The Kier molecular flexibility index (Phi) is 6.81. The predicted octanol–water partition coefficient (Wildman–Crippen LogP) is 4.28. The van der Waals surface area contributed by atoms with E-state index < -0.39 is 0 Å². The van der Waals surface area contributed by atoms with Gasteiger partial charge in [0.2, 0.25) is 5.78 Å². The molecule has 0 aliphatic rings. The Labute approximate surface area is 153 Å². The van der Waals surface area contributed by atoms with Gasteiger partial charge in [-0.1, -0.05) is 25.1 Å². The number of methoxy groups -OCH3 is 2. The molecular weight excluding hydrogens is 330 g/mol. The Hall–Kier alpha value is -3.26. The topological polar surface area (TPSA) is 68.5 Å². The molecule has 2 rings (SSSR count). The molecule has 0 saturated heterocycles. The van der Waals surface area contributed by atoms with Crippen molar-refractivity contribution in [2.75, 3.05) is 20.8 Å². The molecular formula is C21H21NO4. The fraction of sp³-hybridized carbons (Fsp3) is 0.238. The number of nitriles is 1. The average Bonchev–Trinajstić information content (AvgIpc) is 2.70. The van der Waals surface area contributed by atoms with Crippen LogP contribution in [0.5, 0.6) is 17.2 Å². The third-order valence-corrected chi connectivity index (χ3v) is 3.66. The van der Waals surface area contributed by atoms with Crippen molar-refractivity contribution >= 4 is 11.9 Å². The van der Waals surface area contributed by atoms with Crippen LogP contribution in [0.25, 0.3) is 6.08 Å². The number of nitrogens with zero attached hydrogens (tertiary/aromatic N) is 1. The second kappa shape index (κ2) is 9.28. The third-order valence-electron chi connectivity index (χ3n) is 3.66. The monoisotopic (exact) mass is 351 g/mol. The maximum absolute atomic E-state index is 12.6. The zero-order valence-corrected chi connectivity index (χ0v) is 15.1. The van der Waals surface area contributed by atoms with E-state index in [9.17, 15) is 10.1 Å². The van der Waals surface area contributed by atoms with E-state index in [2.05, 4.69) is 0 Å². The van der Waals surface area contributed by atoms with Gasteiger partial charge in [-0.25, -0.2) is 0 Å². The van der Waals surface area contributed by atoms with E-state index in [0.717, 1.165) is 6.42 Å². The summed E-state index contributed by atoms with van der Waals surface area (Å²) in [7, 11) is 3.09. The van der Waals surface area contributed by atoms with Gasteiger partial charge in [0.05, 0.1) is 20.8 Å². The highest BCUT2D eigenvalue weighted by molar-refractivity contribution is 6.14. The number of rotatable bonds is 8. The van der Waals surface area contributed by atoms with Gasteiger partial charge in [-0.3, -0.25) is 4.79 Å². The summed E-state index contributed by atoms with van der Waals surface area (Å²) in [5.41, 5.74) is 1.11. The average molecular weight is 351 g/mol. The van der Waals surface area contributed by atoms with Crippen LogP contribution in [0.15, 0.2) is 48.0 Å². The number of Topliss-reactive ketones (excluding diaryl/α,β-unsaturated/α-hetero) is 1. The van der Waals surface area contributed by atoms with Crippen molar-refractivity contribution in [1.29, 1.82) is 5.26 Å². The van der Waals surface area contributed by atoms with Crippen LogP contribution in [0.1, 0.15) is 29.3 Å². The van der Waals surface area contributed by atoms with Crippen molar-refractivity contribution in [3.63, 3.8) is 0 Å². The lowest BCUT2D eigenvalue weighted by molar-refractivity contribution is 0.103. The molecule has 0 heterocycles. The fourth-order valence-electron chi connectivity index (χ4n) is 2.34. The Morgan fingerprint density at radius 1 is 1.12 bits per heavy atom. The highest BCUT2D eigenvalue weighted by Crippen LogP contribution is 2.29. The molecule has 0 saturated carbocycles. The van der Waals surface area contributed by atoms with Crippen molar-refractivity contribution in [3.8, 4) is 23.3 Å². The molecule has 0 N–H and O–H groups in total. The standard InChI is InChI=1S/C21H21NO4/c1-4-10-26-20-12-15(8-9-19(20)25-3)11-17(14-22)21(23)16-6-5-7-18(13-16)24-2/h5-9,11-13H,4,10H2,1-3H3. The van der Waals surface area contributed by atoms with Gasteiger partial charge in [0.15, 0.2) is 11.5 Å². The molecule has 5 nitrogen and oxygen atoms in total. The Balaban J connectivity index is 2.35. The summed E-state index contributed by atoms with van der Waals surface area (Å²) in [5, 5.41) is 9.43. The molecule has 2 aromatic carbocycles. The van der Waals surface area contributed by atoms with E-state index in [1.54, 1.807) is 55.7 Å². The highest BCUT2D eigenvalue weighted by atomic mass is 16.5. The van der Waals surface area contributed by atoms with Gasteiger partial charge >= 0.3 is 0 Å². The first kappa shape index (κ1) is 19.1. The lowest BCUT2D eigenvalue weighted by atomic mass is 10.0. The number of benzene rings is 2. The lowest BCUT2D eigenvalue weighted by Gasteiger charge is -2.10. The van der Waals surface area contributed by atoms with E-state index in [0.29, 0.717) is 35.0 Å². The molecule has 0 bridgehead atoms. The Bertz CT molecular complexity index is 849. The summed E-state index contributed by atoms with van der Waals surface area (Å²) in [4.78, 5) is 12.6. The summed E-state index contributed by atoms with van der Waals surface area (Å²) in [5.74, 6) is 1.38. The largest absolute Gasteiger partial charge is 0.497 e. The minimum Gasteiger partial charge on any atom is -0.497 e. The van der Waals surface area contributed by atoms with Crippen LogP contribution in [0.2, 0.25) is 0 Å². The number of ketones is 1. The normalized spacial score (nSPS) is 10.8. The molecule has 0 atom stereocenters. The minimum absolute atomic E-state index is 0.0323. The number of hydrogen-bond donors (Lipinski definition) is 0. The van der Waals surface area contributed by atoms with Gasteiger partial charge in [0.25, 0.3) is 0 Å². The van der Waals surface area contributed by atoms with Gasteiger partial charge in [-0.2, -0.15) is 5.26 Å². The summed E-state index contributed by atoms with van der Waals surface area (Å²) in [6, 6.07) is 14.0. The van der Waals surface area contributed by atoms with E-state index in [-0.39, 0.29) is 11.4 Å². The van der Waals surface area contributed by atoms with Gasteiger partial charge in [0.1, 0.15) is 17.4 Å². The summed E-state index contributed by atoms with van der Waals surface area (Å²) in [6.45, 7) is 2.56. The molecule has 0 fully saturated rings. The highest BCUT2D eigenvalue weighted by Gasteiger charge is 2.14. The molecule has 0 spiro atoms.